The van der Waals surface area contributed by atoms with Crippen LogP contribution < -0.4 is 21.1 Å². The van der Waals surface area contributed by atoms with Crippen molar-refractivity contribution in [2.45, 2.75) is 19.7 Å². The summed E-state index contributed by atoms with van der Waals surface area (Å²) in [5.74, 6) is 0.0888. The van der Waals surface area contributed by atoms with E-state index < -0.39 is 12.5 Å². The molecule has 8 heteroatoms. The second kappa shape index (κ2) is 9.36. The number of ether oxygens (including phenoxy) is 1. The van der Waals surface area contributed by atoms with Gasteiger partial charge in [-0.1, -0.05) is 30.3 Å². The van der Waals surface area contributed by atoms with Crippen LogP contribution in [0.3, 0.4) is 0 Å². The maximum atomic E-state index is 12.5. The molecule has 0 fully saturated rings. The fourth-order valence-corrected chi connectivity index (χ4v) is 2.28. The Kier molecular flexibility index (Phi) is 6.90. The third kappa shape index (κ3) is 5.73. The highest BCUT2D eigenvalue weighted by atomic mass is 19.3. The summed E-state index contributed by atoms with van der Waals surface area (Å²) >= 11 is 0. The van der Waals surface area contributed by atoms with E-state index in [9.17, 15) is 13.6 Å². The second-order valence-corrected chi connectivity index (χ2v) is 5.33. The molecule has 0 atom stereocenters. The molecule has 1 amide bonds. The number of carbonyl (C=O) groups is 1. The Morgan fingerprint density at radius 1 is 1.15 bits per heavy atom. The lowest BCUT2D eigenvalue weighted by atomic mass is 10.1. The lowest BCUT2D eigenvalue weighted by molar-refractivity contribution is -0.0504. The molecular formula is C18H20F2N4O2. The Labute approximate surface area is 150 Å². The summed E-state index contributed by atoms with van der Waals surface area (Å²) in [6.45, 7) is -2.22. The van der Waals surface area contributed by atoms with Crippen LogP contribution in [0.15, 0.2) is 53.5 Å². The van der Waals surface area contributed by atoms with E-state index in [1.165, 1.54) is 6.07 Å². The van der Waals surface area contributed by atoms with Gasteiger partial charge in [-0.25, -0.2) is 0 Å². The van der Waals surface area contributed by atoms with Crippen molar-refractivity contribution < 1.29 is 18.3 Å². The lowest BCUT2D eigenvalue weighted by Crippen LogP contribution is -2.36. The first-order chi connectivity index (χ1) is 12.5. The molecule has 0 heterocycles. The van der Waals surface area contributed by atoms with Gasteiger partial charge in [-0.05, 0) is 23.8 Å². The van der Waals surface area contributed by atoms with Gasteiger partial charge in [0.25, 0.3) is 0 Å². The number of amides is 1. The number of rotatable bonds is 7. The van der Waals surface area contributed by atoms with Crippen molar-refractivity contribution in [3.05, 3.63) is 65.2 Å². The smallest absolute Gasteiger partial charge is 0.387 e. The fourth-order valence-electron chi connectivity index (χ4n) is 2.28. The van der Waals surface area contributed by atoms with Gasteiger partial charge in [0.15, 0.2) is 5.96 Å². The van der Waals surface area contributed by atoms with Crippen LogP contribution in [0.1, 0.15) is 21.5 Å². The highest BCUT2D eigenvalue weighted by Gasteiger charge is 2.09. The summed E-state index contributed by atoms with van der Waals surface area (Å²) in [6.07, 6.45) is 0. The van der Waals surface area contributed by atoms with Crippen molar-refractivity contribution in [2.24, 2.45) is 10.7 Å². The van der Waals surface area contributed by atoms with E-state index in [1.54, 1.807) is 43.4 Å². The molecule has 0 saturated carbocycles. The summed E-state index contributed by atoms with van der Waals surface area (Å²) in [6, 6.07) is 13.4. The highest BCUT2D eigenvalue weighted by Crippen LogP contribution is 2.19. The summed E-state index contributed by atoms with van der Waals surface area (Å²) in [5, 5.41) is 6.11. The minimum atomic E-state index is -2.88. The van der Waals surface area contributed by atoms with E-state index >= 15 is 0 Å². The number of nitrogens with zero attached hydrogens (tertiary/aromatic N) is 1. The number of hydrogen-bond donors (Lipinski definition) is 3. The molecule has 2 rings (SSSR count). The first-order valence-electron chi connectivity index (χ1n) is 7.85. The zero-order valence-corrected chi connectivity index (χ0v) is 14.2. The van der Waals surface area contributed by atoms with E-state index in [0.29, 0.717) is 23.6 Å². The monoisotopic (exact) mass is 362 g/mol. The number of alkyl halides is 2. The first kappa shape index (κ1) is 19.2. The lowest BCUT2D eigenvalue weighted by Gasteiger charge is -2.14. The Hall–Kier alpha value is -3.16. The fraction of sp³-hybridized carbons (Fsp3) is 0.222. The van der Waals surface area contributed by atoms with Crippen LogP contribution in [0.25, 0.3) is 0 Å². The molecule has 0 radical (unpaired) electrons. The Bertz CT molecular complexity index is 781. The third-order valence-electron chi connectivity index (χ3n) is 3.53. The van der Waals surface area contributed by atoms with Gasteiger partial charge in [-0.2, -0.15) is 8.78 Å². The SMILES string of the molecule is CN=C(NCc1cccc(C(N)=O)c1)NCc1ccccc1OC(F)F. The van der Waals surface area contributed by atoms with Gasteiger partial charge < -0.3 is 21.1 Å². The van der Waals surface area contributed by atoms with Crippen LogP contribution >= 0.6 is 0 Å². The van der Waals surface area contributed by atoms with E-state index in [2.05, 4.69) is 20.4 Å². The molecule has 0 aliphatic carbocycles. The predicted molar refractivity (Wildman–Crippen MR) is 95.1 cm³/mol. The van der Waals surface area contributed by atoms with E-state index in [0.717, 1.165) is 5.56 Å². The number of primary amides is 1. The third-order valence-corrected chi connectivity index (χ3v) is 3.53. The normalized spacial score (nSPS) is 11.3. The van der Waals surface area contributed by atoms with Crippen molar-refractivity contribution in [3.63, 3.8) is 0 Å². The maximum absolute atomic E-state index is 12.5. The Morgan fingerprint density at radius 2 is 1.88 bits per heavy atom. The molecule has 2 aromatic rings. The second-order valence-electron chi connectivity index (χ2n) is 5.33. The molecule has 6 nitrogen and oxygen atoms in total. The number of nitrogens with one attached hydrogen (secondary N) is 2. The van der Waals surface area contributed by atoms with Gasteiger partial charge in [0.2, 0.25) is 5.91 Å². The first-order valence-corrected chi connectivity index (χ1v) is 7.85. The minimum absolute atomic E-state index is 0.111. The molecule has 138 valence electrons. The van der Waals surface area contributed by atoms with Gasteiger partial charge >= 0.3 is 6.61 Å². The van der Waals surface area contributed by atoms with Crippen LogP contribution in [0.5, 0.6) is 5.75 Å². The molecular weight excluding hydrogens is 342 g/mol. The largest absolute Gasteiger partial charge is 0.434 e. The van der Waals surface area contributed by atoms with Crippen molar-refractivity contribution >= 4 is 11.9 Å². The number of halogens is 2. The van der Waals surface area contributed by atoms with Crippen LogP contribution in [0.4, 0.5) is 8.78 Å². The molecule has 0 spiro atoms. The highest BCUT2D eigenvalue weighted by molar-refractivity contribution is 5.92. The number of guanidine groups is 1. The molecule has 0 unspecified atom stereocenters. The average molecular weight is 362 g/mol. The number of aliphatic imine (C=N–C) groups is 1. The summed E-state index contributed by atoms with van der Waals surface area (Å²) in [7, 11) is 1.59. The quantitative estimate of drug-likeness (QED) is 0.521. The van der Waals surface area contributed by atoms with E-state index in [4.69, 9.17) is 5.73 Å². The molecule has 0 saturated heterocycles. The maximum Gasteiger partial charge on any atom is 0.387 e. The standard InChI is InChI=1S/C18H20F2N4O2/c1-22-18(23-10-12-5-4-7-13(9-12)16(21)25)24-11-14-6-2-3-8-15(14)26-17(19)20/h2-9,17H,10-11H2,1H3,(H2,21,25)(H2,22,23,24). The Morgan fingerprint density at radius 3 is 2.58 bits per heavy atom. The topological polar surface area (TPSA) is 88.7 Å². The molecule has 4 N–H and O–H groups in total. The van der Waals surface area contributed by atoms with Crippen molar-refractivity contribution in [3.8, 4) is 5.75 Å². The molecule has 0 aliphatic rings. The van der Waals surface area contributed by atoms with Crippen LogP contribution in [0.2, 0.25) is 0 Å². The van der Waals surface area contributed by atoms with E-state index in [-0.39, 0.29) is 12.3 Å². The van der Waals surface area contributed by atoms with Crippen molar-refractivity contribution in [1.82, 2.24) is 10.6 Å². The number of hydrogen-bond acceptors (Lipinski definition) is 3. The molecule has 26 heavy (non-hydrogen) atoms. The van der Waals surface area contributed by atoms with Gasteiger partial charge in [-0.15, -0.1) is 0 Å². The number of para-hydroxylation sites is 1. The molecule has 0 bridgehead atoms. The van der Waals surface area contributed by atoms with Gasteiger partial charge in [0.05, 0.1) is 0 Å². The minimum Gasteiger partial charge on any atom is -0.434 e. The summed E-state index contributed by atoms with van der Waals surface area (Å²) in [5.41, 5.74) is 7.11. The van der Waals surface area contributed by atoms with Gasteiger partial charge in [0.1, 0.15) is 5.75 Å². The Balaban J connectivity index is 1.95. The van der Waals surface area contributed by atoms with Gasteiger partial charge in [0, 0.05) is 31.3 Å². The molecule has 2 aromatic carbocycles. The van der Waals surface area contributed by atoms with Gasteiger partial charge in [-0.3, -0.25) is 9.79 Å². The molecule has 0 aromatic heterocycles. The number of benzene rings is 2. The van der Waals surface area contributed by atoms with Crippen molar-refractivity contribution in [2.75, 3.05) is 7.05 Å². The average Bonchev–Trinajstić information content (AvgIpc) is 2.63. The van der Waals surface area contributed by atoms with Crippen LogP contribution in [-0.4, -0.2) is 25.5 Å². The predicted octanol–water partition coefficient (Wildman–Crippen LogP) is 2.25. The van der Waals surface area contributed by atoms with Crippen LogP contribution in [0, 0.1) is 0 Å². The zero-order valence-electron chi connectivity index (χ0n) is 14.2. The molecule has 0 aliphatic heterocycles. The van der Waals surface area contributed by atoms with Crippen molar-refractivity contribution in [1.29, 1.82) is 0 Å². The summed E-state index contributed by atoms with van der Waals surface area (Å²) < 4.78 is 29.4. The van der Waals surface area contributed by atoms with E-state index in [1.807, 2.05) is 6.07 Å². The summed E-state index contributed by atoms with van der Waals surface area (Å²) in [4.78, 5) is 15.3. The number of nitrogens with two attached hydrogens (primary N) is 1. The van der Waals surface area contributed by atoms with Crippen LogP contribution in [-0.2, 0) is 13.1 Å². The number of carbonyl (C=O) groups excluding carboxylic acids is 1. The zero-order chi connectivity index (χ0) is 18.9.